The van der Waals surface area contributed by atoms with Gasteiger partial charge in [-0.05, 0) is 42.7 Å². The molecule has 3 heterocycles. The molecule has 2 amide bonds. The van der Waals surface area contributed by atoms with Crippen molar-refractivity contribution in [1.29, 1.82) is 0 Å². The highest BCUT2D eigenvalue weighted by Crippen LogP contribution is 2.25. The molecule has 1 N–H and O–H groups in total. The molecule has 0 saturated carbocycles. The number of furan rings is 1. The number of benzene rings is 1. The summed E-state index contributed by atoms with van der Waals surface area (Å²) in [4.78, 5) is 31.4. The van der Waals surface area contributed by atoms with Crippen molar-refractivity contribution in [3.63, 3.8) is 0 Å². The molecule has 1 unspecified atom stereocenters. The van der Waals surface area contributed by atoms with E-state index in [1.54, 1.807) is 35.6 Å². The maximum atomic E-state index is 13.0. The SMILES string of the molecule is O=C(NC(c1ccccc1)c1ccco1)C1CCN(C(=O)c2ccccn2)CC1. The van der Waals surface area contributed by atoms with E-state index in [-0.39, 0.29) is 23.8 Å². The van der Waals surface area contributed by atoms with E-state index in [1.807, 2.05) is 42.5 Å². The lowest BCUT2D eigenvalue weighted by Gasteiger charge is -2.32. The molecule has 6 nitrogen and oxygen atoms in total. The summed E-state index contributed by atoms with van der Waals surface area (Å²) in [5.74, 6) is 0.471. The second-order valence-electron chi connectivity index (χ2n) is 7.15. The van der Waals surface area contributed by atoms with Crippen LogP contribution in [-0.2, 0) is 4.79 Å². The van der Waals surface area contributed by atoms with E-state index in [0.29, 0.717) is 37.4 Å². The smallest absolute Gasteiger partial charge is 0.272 e. The normalized spacial score (nSPS) is 15.7. The van der Waals surface area contributed by atoms with Crippen LogP contribution >= 0.6 is 0 Å². The van der Waals surface area contributed by atoms with Gasteiger partial charge in [-0.2, -0.15) is 0 Å². The van der Waals surface area contributed by atoms with Gasteiger partial charge in [-0.15, -0.1) is 0 Å². The monoisotopic (exact) mass is 389 g/mol. The molecule has 1 aromatic carbocycles. The highest BCUT2D eigenvalue weighted by molar-refractivity contribution is 5.92. The summed E-state index contributed by atoms with van der Waals surface area (Å²) in [6.45, 7) is 1.09. The van der Waals surface area contributed by atoms with Gasteiger partial charge >= 0.3 is 0 Å². The zero-order chi connectivity index (χ0) is 20.1. The van der Waals surface area contributed by atoms with Crippen LogP contribution in [0.2, 0.25) is 0 Å². The number of nitrogens with zero attached hydrogens (tertiary/aromatic N) is 2. The Bertz CT molecular complexity index is 934. The van der Waals surface area contributed by atoms with Crippen molar-refractivity contribution < 1.29 is 14.0 Å². The Labute approximate surface area is 169 Å². The number of rotatable bonds is 5. The zero-order valence-electron chi connectivity index (χ0n) is 16.0. The Morgan fingerprint density at radius 1 is 1.00 bits per heavy atom. The summed E-state index contributed by atoms with van der Waals surface area (Å²) in [6, 6.07) is 18.4. The van der Waals surface area contributed by atoms with Gasteiger partial charge < -0.3 is 14.6 Å². The van der Waals surface area contributed by atoms with E-state index in [0.717, 1.165) is 5.56 Å². The molecule has 1 aliphatic heterocycles. The van der Waals surface area contributed by atoms with Gasteiger partial charge in [0.2, 0.25) is 5.91 Å². The molecular formula is C23H23N3O3. The van der Waals surface area contributed by atoms with Gasteiger partial charge in [0.05, 0.1) is 6.26 Å². The quantitative estimate of drug-likeness (QED) is 0.725. The largest absolute Gasteiger partial charge is 0.467 e. The molecule has 6 heteroatoms. The Morgan fingerprint density at radius 3 is 2.41 bits per heavy atom. The number of nitrogens with one attached hydrogen (secondary N) is 1. The fourth-order valence-corrected chi connectivity index (χ4v) is 3.68. The first-order valence-electron chi connectivity index (χ1n) is 9.81. The van der Waals surface area contributed by atoms with Crippen LogP contribution in [0.3, 0.4) is 0 Å². The molecule has 1 atom stereocenters. The number of pyridine rings is 1. The number of carbonyl (C=O) groups is 2. The van der Waals surface area contributed by atoms with Gasteiger partial charge in [0.25, 0.3) is 5.91 Å². The number of likely N-dealkylation sites (tertiary alicyclic amines) is 1. The summed E-state index contributed by atoms with van der Waals surface area (Å²) >= 11 is 0. The standard InChI is InChI=1S/C23H23N3O3/c27-22(25-21(20-10-6-16-29-20)17-7-2-1-3-8-17)18-11-14-26(15-12-18)23(28)19-9-4-5-13-24-19/h1-10,13,16,18,21H,11-12,14-15H2,(H,25,27). The molecule has 29 heavy (non-hydrogen) atoms. The van der Waals surface area contributed by atoms with Gasteiger partial charge in [0.15, 0.2) is 0 Å². The van der Waals surface area contributed by atoms with Crippen LogP contribution in [0.5, 0.6) is 0 Å². The second-order valence-corrected chi connectivity index (χ2v) is 7.15. The molecular weight excluding hydrogens is 366 g/mol. The summed E-state index contributed by atoms with van der Waals surface area (Å²) in [6.07, 6.45) is 4.49. The maximum Gasteiger partial charge on any atom is 0.272 e. The average Bonchev–Trinajstić information content (AvgIpc) is 3.33. The topological polar surface area (TPSA) is 75.4 Å². The summed E-state index contributed by atoms with van der Waals surface area (Å²) in [5.41, 5.74) is 1.41. The Hall–Kier alpha value is -3.41. The number of piperidine rings is 1. The second kappa shape index (κ2) is 8.73. The van der Waals surface area contributed by atoms with Crippen molar-refractivity contribution in [3.8, 4) is 0 Å². The van der Waals surface area contributed by atoms with Crippen molar-refractivity contribution in [1.82, 2.24) is 15.2 Å². The lowest BCUT2D eigenvalue weighted by atomic mass is 9.94. The molecule has 3 aromatic rings. The van der Waals surface area contributed by atoms with Gasteiger partial charge in [0.1, 0.15) is 17.5 Å². The highest BCUT2D eigenvalue weighted by atomic mass is 16.3. The van der Waals surface area contributed by atoms with Crippen molar-refractivity contribution in [3.05, 3.63) is 90.1 Å². The summed E-state index contributed by atoms with van der Waals surface area (Å²) < 4.78 is 5.56. The van der Waals surface area contributed by atoms with Gasteiger partial charge in [0, 0.05) is 25.2 Å². The minimum atomic E-state index is -0.327. The minimum absolute atomic E-state index is 0.0137. The van der Waals surface area contributed by atoms with E-state index >= 15 is 0 Å². The third kappa shape index (κ3) is 4.37. The Kier molecular flexibility index (Phi) is 5.70. The van der Waals surface area contributed by atoms with Crippen molar-refractivity contribution >= 4 is 11.8 Å². The van der Waals surface area contributed by atoms with Crippen molar-refractivity contribution in [2.24, 2.45) is 5.92 Å². The maximum absolute atomic E-state index is 13.0. The fourth-order valence-electron chi connectivity index (χ4n) is 3.68. The molecule has 0 spiro atoms. The molecule has 1 aliphatic rings. The average molecular weight is 389 g/mol. The first-order valence-corrected chi connectivity index (χ1v) is 9.81. The number of hydrogen-bond donors (Lipinski definition) is 1. The van der Waals surface area contributed by atoms with Crippen LogP contribution in [0.1, 0.15) is 40.7 Å². The lowest BCUT2D eigenvalue weighted by Crippen LogP contribution is -2.44. The van der Waals surface area contributed by atoms with Crippen LogP contribution in [0.25, 0.3) is 0 Å². The van der Waals surface area contributed by atoms with Crippen molar-refractivity contribution in [2.45, 2.75) is 18.9 Å². The molecule has 2 aromatic heterocycles. The number of carbonyl (C=O) groups excluding carboxylic acids is 2. The Balaban J connectivity index is 1.39. The summed E-state index contributed by atoms with van der Waals surface area (Å²) in [7, 11) is 0. The molecule has 0 aliphatic carbocycles. The number of amides is 2. The predicted octanol–water partition coefficient (Wildman–Crippen LogP) is 3.43. The number of aromatic nitrogens is 1. The van der Waals surface area contributed by atoms with Gasteiger partial charge in [-0.3, -0.25) is 14.6 Å². The molecule has 148 valence electrons. The van der Waals surface area contributed by atoms with Crippen LogP contribution < -0.4 is 5.32 Å². The first-order chi connectivity index (χ1) is 14.2. The van der Waals surface area contributed by atoms with Crippen LogP contribution in [0.4, 0.5) is 0 Å². The molecule has 1 saturated heterocycles. The first kappa shape index (κ1) is 18.9. The molecule has 4 rings (SSSR count). The third-order valence-corrected chi connectivity index (χ3v) is 5.28. The summed E-state index contributed by atoms with van der Waals surface area (Å²) in [5, 5.41) is 3.13. The van der Waals surface area contributed by atoms with E-state index in [9.17, 15) is 9.59 Å². The molecule has 0 bridgehead atoms. The highest BCUT2D eigenvalue weighted by Gasteiger charge is 2.30. The fraction of sp³-hybridized carbons (Fsp3) is 0.261. The zero-order valence-corrected chi connectivity index (χ0v) is 16.0. The minimum Gasteiger partial charge on any atom is -0.467 e. The van der Waals surface area contributed by atoms with Crippen LogP contribution in [0.15, 0.2) is 77.5 Å². The Morgan fingerprint density at radius 2 is 1.76 bits per heavy atom. The third-order valence-electron chi connectivity index (χ3n) is 5.28. The van der Waals surface area contributed by atoms with Crippen molar-refractivity contribution in [2.75, 3.05) is 13.1 Å². The number of hydrogen-bond acceptors (Lipinski definition) is 4. The lowest BCUT2D eigenvalue weighted by molar-refractivity contribution is -0.126. The predicted molar refractivity (Wildman–Crippen MR) is 108 cm³/mol. The van der Waals surface area contributed by atoms with E-state index < -0.39 is 0 Å². The van der Waals surface area contributed by atoms with E-state index in [2.05, 4.69) is 10.3 Å². The van der Waals surface area contributed by atoms with Crippen LogP contribution in [-0.4, -0.2) is 34.8 Å². The van der Waals surface area contributed by atoms with E-state index in [4.69, 9.17) is 4.42 Å². The van der Waals surface area contributed by atoms with Gasteiger partial charge in [-0.1, -0.05) is 36.4 Å². The van der Waals surface area contributed by atoms with E-state index in [1.165, 1.54) is 0 Å². The molecule has 1 fully saturated rings. The van der Waals surface area contributed by atoms with Crippen LogP contribution in [0, 0.1) is 5.92 Å². The van der Waals surface area contributed by atoms with Gasteiger partial charge in [-0.25, -0.2) is 0 Å². The molecule has 0 radical (unpaired) electrons.